The number of hydrogen-bond acceptors (Lipinski definition) is 2. The van der Waals surface area contributed by atoms with Crippen LogP contribution in [0.4, 0.5) is 0 Å². The SMILES string of the molecule is BrBr.CS(=O)(=O)O. The van der Waals surface area contributed by atoms with E-state index < -0.39 is 10.1 Å². The minimum Gasteiger partial charge on any atom is -0.286 e. The van der Waals surface area contributed by atoms with E-state index in [4.69, 9.17) is 4.55 Å². The van der Waals surface area contributed by atoms with Gasteiger partial charge in [0.1, 0.15) is 0 Å². The molecule has 0 bridgehead atoms. The summed E-state index contributed by atoms with van der Waals surface area (Å²) in [6, 6.07) is 0. The molecule has 0 aliphatic heterocycles. The van der Waals surface area contributed by atoms with Crippen molar-refractivity contribution in [2.24, 2.45) is 0 Å². The van der Waals surface area contributed by atoms with Gasteiger partial charge >= 0.3 is 0 Å². The van der Waals surface area contributed by atoms with Crippen molar-refractivity contribution in [3.63, 3.8) is 0 Å². The molecular weight excluding hydrogens is 252 g/mol. The molecule has 0 fully saturated rings. The fourth-order valence-electron chi connectivity index (χ4n) is 0. The van der Waals surface area contributed by atoms with Crippen molar-refractivity contribution in [1.29, 1.82) is 0 Å². The topological polar surface area (TPSA) is 54.4 Å². The standard InChI is InChI=1S/CH4O3S.Br2/c1-5(2,3)4;1-2/h1H3,(H,2,3,4);. The first-order chi connectivity index (χ1) is 3.00. The predicted molar refractivity (Wildman–Crippen MR) is 35.3 cm³/mol. The molecule has 0 saturated carbocycles. The summed E-state index contributed by atoms with van der Waals surface area (Å²) in [7, 11) is -3.67. The van der Waals surface area contributed by atoms with Gasteiger partial charge in [-0.1, -0.05) is 0 Å². The van der Waals surface area contributed by atoms with Crippen LogP contribution in [-0.2, 0) is 10.1 Å². The maximum atomic E-state index is 9.19. The van der Waals surface area contributed by atoms with Crippen LogP contribution in [0.5, 0.6) is 0 Å². The molecule has 0 spiro atoms. The lowest BCUT2D eigenvalue weighted by molar-refractivity contribution is 0.490. The number of halogens is 2. The molecule has 3 nitrogen and oxygen atoms in total. The zero-order valence-electron chi connectivity index (χ0n) is 3.43. The third-order valence-corrected chi connectivity index (χ3v) is 0. The van der Waals surface area contributed by atoms with Crippen LogP contribution in [0.3, 0.4) is 0 Å². The highest BCUT2D eigenvalue weighted by Crippen LogP contribution is 1.85. The van der Waals surface area contributed by atoms with E-state index in [2.05, 4.69) is 28.3 Å². The van der Waals surface area contributed by atoms with Gasteiger partial charge in [0.2, 0.25) is 0 Å². The van der Waals surface area contributed by atoms with Crippen molar-refractivity contribution >= 4 is 38.4 Å². The van der Waals surface area contributed by atoms with Crippen LogP contribution in [0.2, 0.25) is 0 Å². The molecule has 0 aromatic carbocycles. The van der Waals surface area contributed by atoms with Gasteiger partial charge in [-0.2, -0.15) is 8.42 Å². The molecule has 0 aromatic heterocycles. The molecule has 6 heteroatoms. The molecule has 0 heterocycles. The van der Waals surface area contributed by atoms with E-state index in [1.165, 1.54) is 0 Å². The van der Waals surface area contributed by atoms with Crippen molar-refractivity contribution < 1.29 is 13.0 Å². The van der Waals surface area contributed by atoms with E-state index in [9.17, 15) is 8.42 Å². The Morgan fingerprint density at radius 3 is 1.43 bits per heavy atom. The predicted octanol–water partition coefficient (Wildman–Crippen LogP) is 1.20. The maximum absolute atomic E-state index is 9.19. The van der Waals surface area contributed by atoms with Crippen LogP contribution < -0.4 is 0 Å². The molecule has 0 aliphatic carbocycles. The van der Waals surface area contributed by atoms with Crippen molar-refractivity contribution in [2.75, 3.05) is 6.26 Å². The molecule has 0 atom stereocenters. The lowest BCUT2D eigenvalue weighted by Crippen LogP contribution is -1.88. The Labute approximate surface area is 57.7 Å². The summed E-state index contributed by atoms with van der Waals surface area (Å²) >= 11 is 5.50. The average Bonchev–Trinajstić information content (AvgIpc) is 1.36. The second-order valence-corrected chi connectivity index (χ2v) is 2.20. The van der Waals surface area contributed by atoms with Gasteiger partial charge in [0.25, 0.3) is 10.1 Å². The summed E-state index contributed by atoms with van der Waals surface area (Å²) in [5, 5.41) is 0. The Hall–Kier alpha value is 0.870. The van der Waals surface area contributed by atoms with Gasteiger partial charge in [-0.25, -0.2) is 0 Å². The minimum absolute atomic E-state index is 0.715. The molecule has 7 heavy (non-hydrogen) atoms. The van der Waals surface area contributed by atoms with E-state index in [1.807, 2.05) is 0 Å². The Morgan fingerprint density at radius 1 is 1.43 bits per heavy atom. The third kappa shape index (κ3) is 215. The second kappa shape index (κ2) is 5.02. The van der Waals surface area contributed by atoms with E-state index in [1.54, 1.807) is 0 Å². The molecule has 46 valence electrons. The third-order valence-electron chi connectivity index (χ3n) is 0. The molecule has 0 unspecified atom stereocenters. The van der Waals surface area contributed by atoms with Gasteiger partial charge in [-0.15, -0.1) is 0 Å². The highest BCUT2D eigenvalue weighted by atomic mass is 80.9. The van der Waals surface area contributed by atoms with E-state index in [-0.39, 0.29) is 0 Å². The quantitative estimate of drug-likeness (QED) is 0.662. The van der Waals surface area contributed by atoms with Crippen molar-refractivity contribution in [2.45, 2.75) is 0 Å². The summed E-state index contributed by atoms with van der Waals surface area (Å²) in [6.45, 7) is 0. The van der Waals surface area contributed by atoms with Crippen LogP contribution >= 0.6 is 28.3 Å². The molecule has 0 radical (unpaired) electrons. The van der Waals surface area contributed by atoms with E-state index >= 15 is 0 Å². The molecule has 0 rings (SSSR count). The van der Waals surface area contributed by atoms with Crippen LogP contribution in [0, 0.1) is 0 Å². The molecular formula is CH4Br2O3S. The van der Waals surface area contributed by atoms with Crippen LogP contribution in [0.15, 0.2) is 0 Å². The number of rotatable bonds is 0. The van der Waals surface area contributed by atoms with E-state index in [0.717, 1.165) is 0 Å². The van der Waals surface area contributed by atoms with Gasteiger partial charge in [-0.3, -0.25) is 4.55 Å². The van der Waals surface area contributed by atoms with Crippen molar-refractivity contribution in [1.82, 2.24) is 0 Å². The smallest absolute Gasteiger partial charge is 0.261 e. The van der Waals surface area contributed by atoms with Gasteiger partial charge in [0.05, 0.1) is 6.26 Å². The normalized spacial score (nSPS) is 9.14. The van der Waals surface area contributed by atoms with Crippen molar-refractivity contribution in [3.05, 3.63) is 0 Å². The first-order valence-electron chi connectivity index (χ1n) is 1.07. The molecule has 1 N–H and O–H groups in total. The van der Waals surface area contributed by atoms with Gasteiger partial charge < -0.3 is 0 Å². The highest BCUT2D eigenvalue weighted by molar-refractivity contribution is 9.93. The van der Waals surface area contributed by atoms with Crippen LogP contribution in [0.1, 0.15) is 0 Å². The molecule has 0 aromatic rings. The summed E-state index contributed by atoms with van der Waals surface area (Å²) in [5.74, 6) is 0. The monoisotopic (exact) mass is 254 g/mol. The zero-order valence-corrected chi connectivity index (χ0v) is 7.42. The lowest BCUT2D eigenvalue weighted by Gasteiger charge is -1.69. The fourth-order valence-corrected chi connectivity index (χ4v) is 0. The summed E-state index contributed by atoms with van der Waals surface area (Å²) in [5.41, 5.74) is 0. The maximum Gasteiger partial charge on any atom is 0.261 e. The van der Waals surface area contributed by atoms with Gasteiger partial charge in [-0.05, 0) is 0 Å². The van der Waals surface area contributed by atoms with Gasteiger partial charge in [0.15, 0.2) is 0 Å². The summed E-state index contributed by atoms with van der Waals surface area (Å²) < 4.78 is 25.9. The minimum atomic E-state index is -3.67. The molecule has 0 aliphatic rings. The molecule has 0 saturated heterocycles. The van der Waals surface area contributed by atoms with Crippen molar-refractivity contribution in [3.8, 4) is 0 Å². The Morgan fingerprint density at radius 2 is 1.43 bits per heavy atom. The zero-order chi connectivity index (χ0) is 6.50. The Kier molecular flexibility index (Phi) is 7.72. The highest BCUT2D eigenvalue weighted by Gasteiger charge is 1.81. The summed E-state index contributed by atoms with van der Waals surface area (Å²) in [6.07, 6.45) is 0.715. The average molecular weight is 256 g/mol. The first kappa shape index (κ1) is 10.8. The fraction of sp³-hybridized carbons (Fsp3) is 1.00. The second-order valence-electron chi connectivity index (χ2n) is 0.733. The Bertz CT molecular complexity index is 96.1. The first-order valence-corrected chi connectivity index (χ1v) is 6.63. The molecule has 0 amide bonds. The van der Waals surface area contributed by atoms with Crippen LogP contribution in [-0.4, -0.2) is 19.2 Å². The Balaban J connectivity index is 0. The number of hydrogen-bond donors (Lipinski definition) is 1. The summed E-state index contributed by atoms with van der Waals surface area (Å²) in [4.78, 5) is 0. The van der Waals surface area contributed by atoms with E-state index in [0.29, 0.717) is 6.26 Å². The van der Waals surface area contributed by atoms with Gasteiger partial charge in [0, 0.05) is 28.3 Å². The largest absolute Gasteiger partial charge is 0.286 e. The van der Waals surface area contributed by atoms with Crippen LogP contribution in [0.25, 0.3) is 0 Å². The lowest BCUT2D eigenvalue weighted by atomic mass is 12.0.